The van der Waals surface area contributed by atoms with Gasteiger partial charge in [-0.3, -0.25) is 0 Å². The number of rotatable bonds is 3. The first kappa shape index (κ1) is 11.3. The molecule has 16 heavy (non-hydrogen) atoms. The Labute approximate surface area is 102 Å². The summed E-state index contributed by atoms with van der Waals surface area (Å²) >= 11 is 3.42. The van der Waals surface area contributed by atoms with Gasteiger partial charge in [0, 0.05) is 0 Å². The minimum absolute atomic E-state index is 0.208. The molecule has 1 heterocycles. The van der Waals surface area contributed by atoms with Crippen LogP contribution in [0.1, 0.15) is 5.56 Å². The van der Waals surface area contributed by atoms with Gasteiger partial charge in [0.25, 0.3) is 0 Å². The molecule has 0 aliphatic carbocycles. The molecule has 1 aromatic rings. The van der Waals surface area contributed by atoms with Gasteiger partial charge in [0.1, 0.15) is 12.4 Å². The normalized spacial score (nSPS) is 19.1. The van der Waals surface area contributed by atoms with Crippen molar-refractivity contribution in [1.82, 2.24) is 5.32 Å². The van der Waals surface area contributed by atoms with Crippen LogP contribution in [-0.2, 0) is 4.74 Å². The van der Waals surface area contributed by atoms with E-state index in [4.69, 9.17) is 9.47 Å². The van der Waals surface area contributed by atoms with E-state index in [0.29, 0.717) is 13.2 Å². The predicted octanol–water partition coefficient (Wildman–Crippen LogP) is 2.24. The van der Waals surface area contributed by atoms with E-state index in [-0.39, 0.29) is 12.2 Å². The fourth-order valence-corrected chi connectivity index (χ4v) is 2.04. The number of hydrogen-bond acceptors (Lipinski definition) is 3. The lowest BCUT2D eigenvalue weighted by atomic mass is 10.2. The van der Waals surface area contributed by atoms with Gasteiger partial charge < -0.3 is 14.8 Å². The van der Waals surface area contributed by atoms with Crippen molar-refractivity contribution in [2.75, 3.05) is 13.2 Å². The zero-order valence-electron chi connectivity index (χ0n) is 8.83. The molecule has 2 rings (SSSR count). The van der Waals surface area contributed by atoms with Gasteiger partial charge in [0.05, 0.1) is 11.0 Å². The molecule has 1 aliphatic rings. The topological polar surface area (TPSA) is 47.6 Å². The third-order valence-electron chi connectivity index (χ3n) is 2.26. The molecule has 1 unspecified atom stereocenters. The molecule has 4 nitrogen and oxygen atoms in total. The number of hydrogen-bond donors (Lipinski definition) is 1. The van der Waals surface area contributed by atoms with Crippen LogP contribution in [0.4, 0.5) is 4.79 Å². The average Bonchev–Trinajstić information content (AvgIpc) is 2.63. The van der Waals surface area contributed by atoms with E-state index in [9.17, 15) is 4.79 Å². The molecule has 1 fully saturated rings. The maximum absolute atomic E-state index is 10.8. The van der Waals surface area contributed by atoms with Crippen molar-refractivity contribution >= 4 is 22.0 Å². The lowest BCUT2D eigenvalue weighted by Gasteiger charge is -2.11. The van der Waals surface area contributed by atoms with Crippen molar-refractivity contribution in [3.05, 3.63) is 28.2 Å². The molecule has 1 saturated heterocycles. The van der Waals surface area contributed by atoms with E-state index < -0.39 is 0 Å². The zero-order chi connectivity index (χ0) is 11.5. The Morgan fingerprint density at radius 2 is 2.44 bits per heavy atom. The number of halogens is 1. The molecule has 86 valence electrons. The fourth-order valence-electron chi connectivity index (χ4n) is 1.43. The Hall–Kier alpha value is -1.23. The minimum Gasteiger partial charge on any atom is -0.488 e. The molecule has 0 aromatic heterocycles. The quantitative estimate of drug-likeness (QED) is 0.927. The molecular weight excluding hydrogens is 274 g/mol. The van der Waals surface area contributed by atoms with Gasteiger partial charge in [0.2, 0.25) is 0 Å². The van der Waals surface area contributed by atoms with E-state index in [1.54, 1.807) is 0 Å². The van der Waals surface area contributed by atoms with Crippen LogP contribution in [0.25, 0.3) is 0 Å². The van der Waals surface area contributed by atoms with Crippen LogP contribution in [0.3, 0.4) is 0 Å². The summed E-state index contributed by atoms with van der Waals surface area (Å²) in [5.74, 6) is 0.758. The highest BCUT2D eigenvalue weighted by Crippen LogP contribution is 2.26. The predicted molar refractivity (Wildman–Crippen MR) is 62.6 cm³/mol. The maximum atomic E-state index is 10.8. The summed E-state index contributed by atoms with van der Waals surface area (Å²) < 4.78 is 11.4. The highest BCUT2D eigenvalue weighted by atomic mass is 79.9. The Bertz CT molecular complexity index is 408. The number of amides is 1. The Balaban J connectivity index is 1.92. The SMILES string of the molecule is Cc1ccc(OCC2CNC(=O)O2)c(Br)c1. The Kier molecular flexibility index (Phi) is 3.33. The molecule has 0 bridgehead atoms. The smallest absolute Gasteiger partial charge is 0.407 e. The molecule has 1 aromatic carbocycles. The number of alkyl carbamates (subject to hydrolysis) is 1. The van der Waals surface area contributed by atoms with Crippen molar-refractivity contribution in [3.63, 3.8) is 0 Å². The molecule has 0 spiro atoms. The second kappa shape index (κ2) is 4.74. The minimum atomic E-state index is -0.378. The second-order valence-electron chi connectivity index (χ2n) is 3.65. The van der Waals surface area contributed by atoms with Crippen molar-refractivity contribution in [3.8, 4) is 5.75 Å². The fraction of sp³-hybridized carbons (Fsp3) is 0.364. The number of ether oxygens (including phenoxy) is 2. The van der Waals surface area contributed by atoms with E-state index >= 15 is 0 Å². The van der Waals surface area contributed by atoms with Crippen LogP contribution >= 0.6 is 15.9 Å². The Morgan fingerprint density at radius 3 is 3.06 bits per heavy atom. The highest BCUT2D eigenvalue weighted by molar-refractivity contribution is 9.10. The Morgan fingerprint density at radius 1 is 1.62 bits per heavy atom. The first-order chi connectivity index (χ1) is 7.65. The number of carbonyl (C=O) groups is 1. The van der Waals surface area contributed by atoms with Crippen LogP contribution in [-0.4, -0.2) is 25.3 Å². The van der Waals surface area contributed by atoms with Gasteiger partial charge in [-0.05, 0) is 40.5 Å². The van der Waals surface area contributed by atoms with Gasteiger partial charge in [0.15, 0.2) is 6.10 Å². The third kappa shape index (κ3) is 2.66. The standard InChI is InChI=1S/C11H12BrNO3/c1-7-2-3-10(9(12)4-7)15-6-8-5-13-11(14)16-8/h2-4,8H,5-6H2,1H3,(H,13,14). The maximum Gasteiger partial charge on any atom is 0.407 e. The summed E-state index contributed by atoms with van der Waals surface area (Å²) in [6.45, 7) is 2.87. The number of cyclic esters (lactones) is 1. The molecule has 1 atom stereocenters. The van der Waals surface area contributed by atoms with Crippen LogP contribution < -0.4 is 10.1 Å². The monoisotopic (exact) mass is 285 g/mol. The molecular formula is C11H12BrNO3. The molecule has 5 heteroatoms. The van der Waals surface area contributed by atoms with Gasteiger partial charge in [-0.15, -0.1) is 0 Å². The van der Waals surface area contributed by atoms with Gasteiger partial charge in [-0.1, -0.05) is 6.07 Å². The molecule has 1 N–H and O–H groups in total. The van der Waals surface area contributed by atoms with Crippen LogP contribution in [0.5, 0.6) is 5.75 Å². The molecule has 0 radical (unpaired) electrons. The van der Waals surface area contributed by atoms with Gasteiger partial charge in [-0.25, -0.2) is 4.79 Å². The summed E-state index contributed by atoms with van der Waals surface area (Å²) in [5, 5.41) is 2.58. The lowest BCUT2D eigenvalue weighted by Crippen LogP contribution is -2.22. The molecule has 1 aliphatic heterocycles. The van der Waals surface area contributed by atoms with Crippen molar-refractivity contribution in [2.45, 2.75) is 13.0 Å². The zero-order valence-corrected chi connectivity index (χ0v) is 10.4. The van der Waals surface area contributed by atoms with E-state index in [2.05, 4.69) is 21.2 Å². The van der Waals surface area contributed by atoms with E-state index in [0.717, 1.165) is 15.8 Å². The van der Waals surface area contributed by atoms with Crippen molar-refractivity contribution in [1.29, 1.82) is 0 Å². The summed E-state index contributed by atoms with van der Waals surface area (Å²) in [7, 11) is 0. The number of nitrogens with one attached hydrogen (secondary N) is 1. The van der Waals surface area contributed by atoms with E-state index in [1.807, 2.05) is 25.1 Å². The summed E-state index contributed by atoms with van der Waals surface area (Å²) in [6.07, 6.45) is -0.586. The van der Waals surface area contributed by atoms with Crippen molar-refractivity contribution < 1.29 is 14.3 Å². The van der Waals surface area contributed by atoms with Crippen LogP contribution in [0.2, 0.25) is 0 Å². The second-order valence-corrected chi connectivity index (χ2v) is 4.51. The van der Waals surface area contributed by atoms with Gasteiger partial charge in [-0.2, -0.15) is 0 Å². The van der Waals surface area contributed by atoms with Crippen molar-refractivity contribution in [2.24, 2.45) is 0 Å². The number of benzene rings is 1. The number of aryl methyl sites for hydroxylation is 1. The largest absolute Gasteiger partial charge is 0.488 e. The first-order valence-corrected chi connectivity index (χ1v) is 5.78. The highest BCUT2D eigenvalue weighted by Gasteiger charge is 2.23. The van der Waals surface area contributed by atoms with Gasteiger partial charge >= 0.3 is 6.09 Å². The third-order valence-corrected chi connectivity index (χ3v) is 2.88. The summed E-state index contributed by atoms with van der Waals surface area (Å²) in [5.41, 5.74) is 1.16. The molecule has 0 saturated carbocycles. The van der Waals surface area contributed by atoms with Crippen LogP contribution in [0.15, 0.2) is 22.7 Å². The molecule has 1 amide bonds. The van der Waals surface area contributed by atoms with Crippen LogP contribution in [0, 0.1) is 6.92 Å². The summed E-state index contributed by atoms with van der Waals surface area (Å²) in [4.78, 5) is 10.8. The lowest BCUT2D eigenvalue weighted by molar-refractivity contribution is 0.104. The van der Waals surface area contributed by atoms with E-state index in [1.165, 1.54) is 0 Å². The summed E-state index contributed by atoms with van der Waals surface area (Å²) in [6, 6.07) is 5.84. The first-order valence-electron chi connectivity index (χ1n) is 4.98. The number of carbonyl (C=O) groups excluding carboxylic acids is 1. The average molecular weight is 286 g/mol.